The number of hydrogen-bond donors (Lipinski definition) is 0. The molecule has 0 saturated heterocycles. The second-order valence-electron chi connectivity index (χ2n) is 12.7. The van der Waals surface area contributed by atoms with Gasteiger partial charge in [-0.05, 0) is 81.5 Å². The van der Waals surface area contributed by atoms with Crippen LogP contribution in [0, 0.1) is 20.8 Å². The number of fused-ring (bicyclic) bond motifs is 2. The number of amides is 1. The minimum Gasteiger partial charge on any atom is -0.493 e. The Bertz CT molecular complexity index is 1800. The zero-order chi connectivity index (χ0) is 32.8. The number of quaternary nitrogens is 1. The standard InChI is InChI=1S/C40H49N2O3S/c1-8-42(9-2,27-32-21-28(3)20-29(4)22-32)19-13-12-18-41(26-31-16-17-33-14-10-11-15-34(33)23-31)40(43)39-30(5)35-24-36(44-6)37(45-7)25-38(35)46-39/h10-11,14-17,20-25H,8-9,12-13,18-19,26-27H2,1-7H3/q+1. The van der Waals surface area contributed by atoms with Gasteiger partial charge in [-0.15, -0.1) is 11.3 Å². The molecule has 0 unspecified atom stereocenters. The summed E-state index contributed by atoms with van der Waals surface area (Å²) in [7, 11) is 3.29. The highest BCUT2D eigenvalue weighted by atomic mass is 32.1. The summed E-state index contributed by atoms with van der Waals surface area (Å²) in [5, 5.41) is 3.45. The first-order valence-corrected chi connectivity index (χ1v) is 17.3. The smallest absolute Gasteiger partial charge is 0.264 e. The van der Waals surface area contributed by atoms with Crippen LogP contribution < -0.4 is 9.47 Å². The number of hydrogen-bond acceptors (Lipinski definition) is 4. The first kappa shape index (κ1) is 33.5. The Balaban J connectivity index is 1.38. The van der Waals surface area contributed by atoms with Gasteiger partial charge in [-0.2, -0.15) is 0 Å². The Morgan fingerprint density at radius 2 is 1.46 bits per heavy atom. The average molecular weight is 638 g/mol. The summed E-state index contributed by atoms with van der Waals surface area (Å²) in [5.41, 5.74) is 6.22. The Labute approximate surface area is 279 Å². The molecule has 1 amide bonds. The fraction of sp³-hybridized carbons (Fsp3) is 0.375. The topological polar surface area (TPSA) is 38.8 Å². The van der Waals surface area contributed by atoms with Gasteiger partial charge >= 0.3 is 0 Å². The molecule has 0 atom stereocenters. The first-order valence-electron chi connectivity index (χ1n) is 16.5. The number of rotatable bonds is 14. The van der Waals surface area contributed by atoms with Crippen molar-refractivity contribution >= 4 is 38.1 Å². The molecule has 4 aromatic carbocycles. The largest absolute Gasteiger partial charge is 0.493 e. The third-order valence-electron chi connectivity index (χ3n) is 9.56. The Kier molecular flexibility index (Phi) is 10.7. The van der Waals surface area contributed by atoms with E-state index in [1.54, 1.807) is 25.6 Å². The number of benzene rings is 4. The van der Waals surface area contributed by atoms with E-state index in [9.17, 15) is 4.79 Å². The van der Waals surface area contributed by atoms with Gasteiger partial charge in [-0.1, -0.05) is 65.7 Å². The highest BCUT2D eigenvalue weighted by Crippen LogP contribution is 2.39. The highest BCUT2D eigenvalue weighted by molar-refractivity contribution is 7.21. The monoisotopic (exact) mass is 637 g/mol. The fourth-order valence-electron chi connectivity index (χ4n) is 6.84. The van der Waals surface area contributed by atoms with Gasteiger partial charge in [0, 0.05) is 34.8 Å². The van der Waals surface area contributed by atoms with E-state index in [1.165, 1.54) is 27.5 Å². The second-order valence-corrected chi connectivity index (χ2v) is 13.8. The van der Waals surface area contributed by atoms with Gasteiger partial charge in [0.15, 0.2) is 11.5 Å². The van der Waals surface area contributed by atoms with Crippen LogP contribution >= 0.6 is 11.3 Å². The van der Waals surface area contributed by atoms with Gasteiger partial charge in [0.05, 0.1) is 38.7 Å². The quantitative estimate of drug-likeness (QED) is 0.0899. The molecule has 0 fully saturated rings. The number of ether oxygens (including phenoxy) is 2. The molecular formula is C40H49N2O3S+. The van der Waals surface area contributed by atoms with Crippen molar-refractivity contribution in [3.63, 3.8) is 0 Å². The maximum Gasteiger partial charge on any atom is 0.264 e. The van der Waals surface area contributed by atoms with E-state index in [-0.39, 0.29) is 5.91 Å². The summed E-state index contributed by atoms with van der Waals surface area (Å²) in [4.78, 5) is 17.2. The molecule has 0 aliphatic heterocycles. The zero-order valence-electron chi connectivity index (χ0n) is 28.6. The van der Waals surface area contributed by atoms with Gasteiger partial charge in [0.1, 0.15) is 6.54 Å². The number of unbranched alkanes of at least 4 members (excludes halogenated alkanes) is 1. The van der Waals surface area contributed by atoms with E-state index in [4.69, 9.17) is 9.47 Å². The minimum absolute atomic E-state index is 0.0896. The van der Waals surface area contributed by atoms with Crippen LogP contribution in [0.3, 0.4) is 0 Å². The van der Waals surface area contributed by atoms with E-state index < -0.39 is 0 Å². The van der Waals surface area contributed by atoms with Crippen LogP contribution in [-0.4, -0.2) is 55.7 Å². The van der Waals surface area contributed by atoms with Crippen molar-refractivity contribution in [1.82, 2.24) is 4.90 Å². The van der Waals surface area contributed by atoms with Gasteiger partial charge in [0.2, 0.25) is 0 Å². The lowest BCUT2D eigenvalue weighted by Crippen LogP contribution is -2.47. The molecule has 1 heterocycles. The van der Waals surface area contributed by atoms with Crippen LogP contribution in [-0.2, 0) is 13.1 Å². The summed E-state index contributed by atoms with van der Waals surface area (Å²) in [6.45, 7) is 16.7. The highest BCUT2D eigenvalue weighted by Gasteiger charge is 2.26. The van der Waals surface area contributed by atoms with E-state index in [0.29, 0.717) is 24.6 Å². The summed E-state index contributed by atoms with van der Waals surface area (Å²) in [5.74, 6) is 1.45. The Morgan fingerprint density at radius 1 is 0.783 bits per heavy atom. The molecular weight excluding hydrogens is 589 g/mol. The number of methoxy groups -OCH3 is 2. The number of aryl methyl sites for hydroxylation is 3. The molecule has 0 aliphatic carbocycles. The summed E-state index contributed by atoms with van der Waals surface area (Å²) >= 11 is 1.55. The van der Waals surface area contributed by atoms with Crippen molar-refractivity contribution in [3.05, 3.63) is 105 Å². The molecule has 0 radical (unpaired) electrons. The normalized spacial score (nSPS) is 11.7. The molecule has 5 aromatic rings. The lowest BCUT2D eigenvalue weighted by molar-refractivity contribution is -0.938. The maximum atomic E-state index is 14.4. The Hall–Kier alpha value is -3.87. The van der Waals surface area contributed by atoms with E-state index in [0.717, 1.165) is 69.6 Å². The van der Waals surface area contributed by atoms with Crippen molar-refractivity contribution in [2.45, 2.75) is 60.5 Å². The molecule has 5 rings (SSSR count). The number of carbonyl (C=O) groups is 1. The van der Waals surface area contributed by atoms with Crippen molar-refractivity contribution < 1.29 is 18.8 Å². The van der Waals surface area contributed by atoms with Gasteiger partial charge in [0.25, 0.3) is 5.91 Å². The van der Waals surface area contributed by atoms with Gasteiger partial charge in [-0.3, -0.25) is 4.79 Å². The number of thiophene rings is 1. The molecule has 242 valence electrons. The van der Waals surface area contributed by atoms with Crippen LogP contribution in [0.4, 0.5) is 0 Å². The molecule has 0 bridgehead atoms. The van der Waals surface area contributed by atoms with E-state index in [1.807, 2.05) is 19.1 Å². The minimum atomic E-state index is 0.0896. The van der Waals surface area contributed by atoms with E-state index >= 15 is 0 Å². The Morgan fingerprint density at radius 3 is 2.13 bits per heavy atom. The third kappa shape index (κ3) is 7.40. The number of nitrogens with zero attached hydrogens (tertiary/aromatic N) is 2. The molecule has 46 heavy (non-hydrogen) atoms. The van der Waals surface area contributed by atoms with Crippen LogP contribution in [0.5, 0.6) is 11.5 Å². The molecule has 0 aliphatic rings. The van der Waals surface area contributed by atoms with Gasteiger partial charge < -0.3 is 18.9 Å². The summed E-state index contributed by atoms with van der Waals surface area (Å²) in [6, 6.07) is 25.9. The molecule has 1 aromatic heterocycles. The van der Waals surface area contributed by atoms with Crippen molar-refractivity contribution in [1.29, 1.82) is 0 Å². The van der Waals surface area contributed by atoms with Crippen LogP contribution in [0.2, 0.25) is 0 Å². The van der Waals surface area contributed by atoms with E-state index in [2.05, 4.69) is 93.3 Å². The van der Waals surface area contributed by atoms with Crippen LogP contribution in [0.15, 0.2) is 72.8 Å². The maximum absolute atomic E-state index is 14.4. The zero-order valence-corrected chi connectivity index (χ0v) is 29.4. The molecule has 6 heteroatoms. The predicted molar refractivity (Wildman–Crippen MR) is 193 cm³/mol. The lowest BCUT2D eigenvalue weighted by atomic mass is 10.1. The van der Waals surface area contributed by atoms with Gasteiger partial charge in [-0.25, -0.2) is 0 Å². The average Bonchev–Trinajstić information content (AvgIpc) is 3.38. The summed E-state index contributed by atoms with van der Waals surface area (Å²) < 4.78 is 13.2. The predicted octanol–water partition coefficient (Wildman–Crippen LogP) is 9.48. The molecule has 0 saturated carbocycles. The second kappa shape index (κ2) is 14.7. The fourth-order valence-corrected chi connectivity index (χ4v) is 8.03. The first-order chi connectivity index (χ1) is 22.2. The molecule has 0 N–H and O–H groups in total. The van der Waals surface area contributed by atoms with Crippen molar-refractivity contribution in [3.8, 4) is 11.5 Å². The molecule has 5 nitrogen and oxygen atoms in total. The third-order valence-corrected chi connectivity index (χ3v) is 10.8. The van der Waals surface area contributed by atoms with Crippen LogP contribution in [0.25, 0.3) is 20.9 Å². The molecule has 0 spiro atoms. The van der Waals surface area contributed by atoms with Crippen molar-refractivity contribution in [2.75, 3.05) is 40.4 Å². The van der Waals surface area contributed by atoms with Crippen molar-refractivity contribution in [2.24, 2.45) is 0 Å². The SMILES string of the molecule is CC[N+](CC)(CCCCN(Cc1ccc2ccccc2c1)C(=O)c1sc2cc(OC)c(OC)cc2c1C)Cc1cc(C)cc(C)c1. The van der Waals surface area contributed by atoms with Crippen LogP contribution in [0.1, 0.15) is 64.2 Å². The number of carbonyl (C=O) groups excluding carboxylic acids is 1. The lowest BCUT2D eigenvalue weighted by Gasteiger charge is -2.37. The summed E-state index contributed by atoms with van der Waals surface area (Å²) in [6.07, 6.45) is 2.02.